The van der Waals surface area contributed by atoms with Gasteiger partial charge in [-0.25, -0.2) is 0 Å². The van der Waals surface area contributed by atoms with Crippen molar-refractivity contribution in [2.45, 2.75) is 0 Å². The van der Waals surface area contributed by atoms with Crippen molar-refractivity contribution in [2.24, 2.45) is 4.99 Å². The van der Waals surface area contributed by atoms with E-state index >= 15 is 0 Å². The molecule has 0 atom stereocenters. The molecule has 9 aromatic carbocycles. The summed E-state index contributed by atoms with van der Waals surface area (Å²) in [6.07, 6.45) is 3.89. The van der Waals surface area contributed by atoms with Crippen LogP contribution in [0.3, 0.4) is 0 Å². The lowest BCUT2D eigenvalue weighted by atomic mass is 9.93. The molecule has 0 aliphatic carbocycles. The molecule has 2 N–H and O–H groups in total. The molecule has 0 saturated carbocycles. The van der Waals surface area contributed by atoms with Gasteiger partial charge < -0.3 is 10.7 Å². The number of para-hydroxylation sites is 1. The van der Waals surface area contributed by atoms with Gasteiger partial charge in [-0.05, 0) is 91.0 Å². The third-order valence-electron chi connectivity index (χ3n) is 10.2. The fraction of sp³-hybridized carbons (Fsp3) is 0. The van der Waals surface area contributed by atoms with Crippen molar-refractivity contribution < 1.29 is 0 Å². The first-order valence-electron chi connectivity index (χ1n) is 18.5. The minimum Gasteiger partial charge on any atom is -0.355 e. The molecule has 260 valence electrons. The van der Waals surface area contributed by atoms with E-state index in [9.17, 15) is 5.41 Å². The number of benzene rings is 9. The van der Waals surface area contributed by atoms with Crippen LogP contribution in [0.25, 0.3) is 60.3 Å². The third kappa shape index (κ3) is 6.95. The van der Waals surface area contributed by atoms with E-state index in [1.807, 2.05) is 66.9 Å². The fourth-order valence-corrected chi connectivity index (χ4v) is 7.36. The Hall–Kier alpha value is -7.36. The summed E-state index contributed by atoms with van der Waals surface area (Å²) in [5.41, 5.74) is 10.3. The zero-order chi connectivity index (χ0) is 37.0. The molecule has 3 heteroatoms. The summed E-state index contributed by atoms with van der Waals surface area (Å²) in [7, 11) is 0. The van der Waals surface area contributed by atoms with Crippen LogP contribution in [0.1, 0.15) is 16.7 Å². The first-order chi connectivity index (χ1) is 27.2. The van der Waals surface area contributed by atoms with Crippen molar-refractivity contribution >= 4 is 61.3 Å². The van der Waals surface area contributed by atoms with E-state index in [1.54, 1.807) is 0 Å². The summed E-state index contributed by atoms with van der Waals surface area (Å²) in [6.45, 7) is 0. The van der Waals surface area contributed by atoms with Crippen molar-refractivity contribution in [1.82, 2.24) is 0 Å². The first-order valence-corrected chi connectivity index (χ1v) is 18.5. The van der Waals surface area contributed by atoms with E-state index < -0.39 is 0 Å². The summed E-state index contributed by atoms with van der Waals surface area (Å²) in [4.78, 5) is 5.30. The Morgan fingerprint density at radius 1 is 0.455 bits per heavy atom. The van der Waals surface area contributed by atoms with Gasteiger partial charge in [0.25, 0.3) is 0 Å². The number of rotatable bonds is 9. The standard InChI is InChI=1S/C52H37N3/c53-50(40-26-24-37(25-27-40)36-14-4-1-5-15-36)34-52(42-29-31-51(55-43-20-8-3-9-21-43)47(33-42)38-16-6-2-7-17-38)54-35-49-45-23-13-11-19-41(45)32-48-44-22-12-10-18-39(44)28-30-46(48)49/h1-35,53,55H/b52-34-,53-50?,54-35?. The van der Waals surface area contributed by atoms with E-state index in [-0.39, 0.29) is 0 Å². The molecule has 0 radical (unpaired) electrons. The fourth-order valence-electron chi connectivity index (χ4n) is 7.36. The number of nitrogens with zero attached hydrogens (tertiary/aromatic N) is 1. The Morgan fingerprint density at radius 3 is 1.80 bits per heavy atom. The Labute approximate surface area is 321 Å². The lowest BCUT2D eigenvalue weighted by molar-refractivity contribution is 1.46. The highest BCUT2D eigenvalue weighted by Gasteiger charge is 2.13. The number of aliphatic imine (C=N–C) groups is 1. The third-order valence-corrected chi connectivity index (χ3v) is 10.2. The van der Waals surface area contributed by atoms with Gasteiger partial charge in [0.2, 0.25) is 0 Å². The monoisotopic (exact) mass is 703 g/mol. The van der Waals surface area contributed by atoms with Gasteiger partial charge >= 0.3 is 0 Å². The van der Waals surface area contributed by atoms with Gasteiger partial charge in [-0.3, -0.25) is 4.99 Å². The molecule has 9 aromatic rings. The SMILES string of the molecule is N=C(/C=C(\N=Cc1c2ccccc2cc2c1ccc1ccccc12)c1ccc(Nc2ccccc2)c(-c2ccccc2)c1)c1ccc(-c2ccccc2)cc1. The van der Waals surface area contributed by atoms with Gasteiger partial charge in [0.15, 0.2) is 0 Å². The lowest BCUT2D eigenvalue weighted by Gasteiger charge is -2.15. The zero-order valence-electron chi connectivity index (χ0n) is 30.2. The van der Waals surface area contributed by atoms with Crippen LogP contribution in [-0.4, -0.2) is 11.9 Å². The minimum atomic E-state index is 0.383. The molecule has 3 nitrogen and oxygen atoms in total. The molecule has 0 spiro atoms. The normalized spacial score (nSPS) is 11.7. The number of hydrogen-bond acceptors (Lipinski definition) is 3. The minimum absolute atomic E-state index is 0.383. The van der Waals surface area contributed by atoms with Crippen molar-refractivity contribution in [2.75, 3.05) is 5.32 Å². The molecule has 0 fully saturated rings. The second kappa shape index (κ2) is 14.9. The maximum atomic E-state index is 9.37. The molecule has 0 saturated heterocycles. The predicted octanol–water partition coefficient (Wildman–Crippen LogP) is 13.8. The average molecular weight is 704 g/mol. The number of hydrogen-bond donors (Lipinski definition) is 2. The highest BCUT2D eigenvalue weighted by Crippen LogP contribution is 2.36. The summed E-state index contributed by atoms with van der Waals surface area (Å²) in [5.74, 6) is 0. The summed E-state index contributed by atoms with van der Waals surface area (Å²) in [5, 5.41) is 20.0. The molecule has 55 heavy (non-hydrogen) atoms. The van der Waals surface area contributed by atoms with Crippen LogP contribution in [0.2, 0.25) is 0 Å². The maximum Gasteiger partial charge on any atom is 0.0723 e. The maximum absolute atomic E-state index is 9.37. The van der Waals surface area contributed by atoms with Gasteiger partial charge in [0, 0.05) is 34.3 Å². The highest BCUT2D eigenvalue weighted by molar-refractivity contribution is 6.20. The van der Waals surface area contributed by atoms with Crippen molar-refractivity contribution in [3.8, 4) is 22.3 Å². The Morgan fingerprint density at radius 2 is 1.05 bits per heavy atom. The lowest BCUT2D eigenvalue weighted by Crippen LogP contribution is -1.99. The number of allylic oxidation sites excluding steroid dienone is 1. The summed E-state index contributed by atoms with van der Waals surface area (Å²) >= 11 is 0. The topological polar surface area (TPSA) is 48.2 Å². The van der Waals surface area contributed by atoms with Gasteiger partial charge in [0.1, 0.15) is 0 Å². The molecule has 0 aliphatic heterocycles. The van der Waals surface area contributed by atoms with Crippen molar-refractivity contribution in [1.29, 1.82) is 5.41 Å². The Kier molecular flexibility index (Phi) is 9.09. The number of nitrogens with one attached hydrogen (secondary N) is 2. The molecule has 0 aliphatic rings. The van der Waals surface area contributed by atoms with Crippen molar-refractivity contribution in [3.63, 3.8) is 0 Å². The molecule has 0 aromatic heterocycles. The molecule has 0 unspecified atom stereocenters. The van der Waals surface area contributed by atoms with Crippen LogP contribution in [0, 0.1) is 5.41 Å². The number of anilines is 2. The van der Waals surface area contributed by atoms with Gasteiger partial charge in [-0.1, -0.05) is 170 Å². The average Bonchev–Trinajstić information content (AvgIpc) is 3.25. The van der Waals surface area contributed by atoms with Gasteiger partial charge in [-0.2, -0.15) is 0 Å². The molecular formula is C52H37N3. The van der Waals surface area contributed by atoms with Gasteiger partial charge in [0.05, 0.1) is 11.4 Å². The molecule has 0 heterocycles. The first kappa shape index (κ1) is 33.5. The van der Waals surface area contributed by atoms with Crippen LogP contribution < -0.4 is 5.32 Å². The van der Waals surface area contributed by atoms with E-state index in [1.165, 1.54) is 16.2 Å². The largest absolute Gasteiger partial charge is 0.355 e. The molecule has 0 amide bonds. The van der Waals surface area contributed by atoms with E-state index in [0.29, 0.717) is 11.4 Å². The van der Waals surface area contributed by atoms with Gasteiger partial charge in [-0.15, -0.1) is 0 Å². The highest BCUT2D eigenvalue weighted by atomic mass is 14.9. The number of fused-ring (bicyclic) bond motifs is 4. The molecule has 0 bridgehead atoms. The second-order valence-corrected chi connectivity index (χ2v) is 13.7. The summed E-state index contributed by atoms with van der Waals surface area (Å²) < 4.78 is 0. The zero-order valence-corrected chi connectivity index (χ0v) is 30.2. The summed E-state index contributed by atoms with van der Waals surface area (Å²) in [6, 6.07) is 69.3. The second-order valence-electron chi connectivity index (χ2n) is 13.7. The molecule has 9 rings (SSSR count). The van der Waals surface area contributed by atoms with Crippen LogP contribution in [0.15, 0.2) is 211 Å². The Balaban J connectivity index is 1.20. The predicted molar refractivity (Wildman–Crippen MR) is 235 cm³/mol. The van der Waals surface area contributed by atoms with E-state index in [4.69, 9.17) is 4.99 Å². The quantitative estimate of drug-likeness (QED) is 0.0877. The van der Waals surface area contributed by atoms with E-state index in [0.717, 1.165) is 66.5 Å². The Bertz CT molecular complexity index is 2870. The van der Waals surface area contributed by atoms with Crippen molar-refractivity contribution in [3.05, 3.63) is 223 Å². The van der Waals surface area contributed by atoms with Crippen LogP contribution in [-0.2, 0) is 0 Å². The molecular weight excluding hydrogens is 667 g/mol. The van der Waals surface area contributed by atoms with E-state index in [2.05, 4.69) is 151 Å². The van der Waals surface area contributed by atoms with Crippen LogP contribution >= 0.6 is 0 Å². The van der Waals surface area contributed by atoms with Crippen LogP contribution in [0.5, 0.6) is 0 Å². The smallest absolute Gasteiger partial charge is 0.0723 e. The van der Waals surface area contributed by atoms with Crippen LogP contribution in [0.4, 0.5) is 11.4 Å².